The van der Waals surface area contributed by atoms with Gasteiger partial charge in [-0.3, -0.25) is 14.4 Å². The van der Waals surface area contributed by atoms with Crippen LogP contribution in [0.5, 0.6) is 0 Å². The summed E-state index contributed by atoms with van der Waals surface area (Å²) in [5.41, 5.74) is 0. The third-order valence-corrected chi connectivity index (χ3v) is 14.0. The van der Waals surface area contributed by atoms with Crippen molar-refractivity contribution in [3.8, 4) is 0 Å². The fraction of sp³-hybridized carbons (Fsp3) is 0.889. The molecule has 0 N–H and O–H groups in total. The number of ether oxygens (including phenoxy) is 3. The Hall–Kier alpha value is -2.11. The molecule has 69 heavy (non-hydrogen) atoms. The highest BCUT2D eigenvalue weighted by molar-refractivity contribution is 5.71. The second kappa shape index (κ2) is 58.5. The molecule has 6 heteroatoms. The summed E-state index contributed by atoms with van der Waals surface area (Å²) < 4.78 is 16.7. The molecule has 0 aromatic heterocycles. The number of carbonyl (C=O) groups is 3. The molecule has 0 saturated heterocycles. The molecule has 0 rings (SSSR count). The van der Waals surface area contributed by atoms with E-state index in [1.807, 2.05) is 0 Å². The van der Waals surface area contributed by atoms with Crippen LogP contribution in [0.1, 0.15) is 342 Å². The quantitative estimate of drug-likeness (QED) is 0.0261. The number of hydrogen-bond acceptors (Lipinski definition) is 6. The summed E-state index contributed by atoms with van der Waals surface area (Å²) in [5, 5.41) is 0. The molecule has 0 saturated carbocycles. The molecule has 0 spiro atoms. The zero-order valence-corrected chi connectivity index (χ0v) is 46.6. The van der Waals surface area contributed by atoms with E-state index in [9.17, 15) is 14.4 Å². The Morgan fingerprint density at radius 1 is 0.290 bits per heavy atom. The van der Waals surface area contributed by atoms with Crippen molar-refractivity contribution in [2.45, 2.75) is 348 Å². The van der Waals surface area contributed by atoms with Crippen LogP contribution in [-0.4, -0.2) is 37.2 Å². The van der Waals surface area contributed by atoms with Gasteiger partial charge in [-0.05, 0) is 51.4 Å². The van der Waals surface area contributed by atoms with Gasteiger partial charge in [0, 0.05) is 19.3 Å². The van der Waals surface area contributed by atoms with Crippen molar-refractivity contribution in [3.05, 3.63) is 24.3 Å². The summed E-state index contributed by atoms with van der Waals surface area (Å²) >= 11 is 0. The number of esters is 3. The third-order valence-electron chi connectivity index (χ3n) is 14.0. The zero-order valence-electron chi connectivity index (χ0n) is 46.6. The van der Waals surface area contributed by atoms with Gasteiger partial charge in [-0.25, -0.2) is 0 Å². The van der Waals surface area contributed by atoms with Crippen molar-refractivity contribution in [2.75, 3.05) is 13.2 Å². The minimum atomic E-state index is -0.760. The number of rotatable bonds is 57. The number of allylic oxidation sites excluding steroid dienone is 4. The van der Waals surface area contributed by atoms with Crippen molar-refractivity contribution >= 4 is 17.9 Å². The van der Waals surface area contributed by atoms with Gasteiger partial charge >= 0.3 is 17.9 Å². The van der Waals surface area contributed by atoms with Crippen molar-refractivity contribution in [1.29, 1.82) is 0 Å². The fourth-order valence-electron chi connectivity index (χ4n) is 9.30. The number of hydrogen-bond donors (Lipinski definition) is 0. The first kappa shape index (κ1) is 66.9. The van der Waals surface area contributed by atoms with E-state index in [1.54, 1.807) is 0 Å². The maximum atomic E-state index is 12.7. The molecule has 1 unspecified atom stereocenters. The molecule has 0 aliphatic carbocycles. The maximum absolute atomic E-state index is 12.7. The van der Waals surface area contributed by atoms with Crippen molar-refractivity contribution in [1.82, 2.24) is 0 Å². The van der Waals surface area contributed by atoms with Gasteiger partial charge in [-0.2, -0.15) is 0 Å². The van der Waals surface area contributed by atoms with Crippen molar-refractivity contribution in [2.24, 2.45) is 0 Å². The average Bonchev–Trinajstić information content (AvgIpc) is 3.35. The molecule has 0 heterocycles. The van der Waals surface area contributed by atoms with E-state index in [0.29, 0.717) is 19.3 Å². The SMILES string of the molecule is CCCCCCC/C=C\C/C=C\CCCCCCCCCCCCCCCCCCCCCCCCCC(=O)OCC(COC(=O)CCCCCCCC)OC(=O)CCCCCCCCCCCC. The van der Waals surface area contributed by atoms with E-state index >= 15 is 0 Å². The lowest BCUT2D eigenvalue weighted by Gasteiger charge is -2.18. The first-order valence-corrected chi connectivity index (χ1v) is 30.8. The number of unbranched alkanes of at least 4 members (excludes halogenated alkanes) is 42. The fourth-order valence-corrected chi connectivity index (χ4v) is 9.30. The summed E-state index contributed by atoms with van der Waals surface area (Å²) in [6, 6.07) is 0. The Morgan fingerprint density at radius 3 is 0.797 bits per heavy atom. The van der Waals surface area contributed by atoms with Crippen LogP contribution < -0.4 is 0 Å². The molecular weight excluding hydrogens is 853 g/mol. The zero-order chi connectivity index (χ0) is 50.0. The van der Waals surface area contributed by atoms with Gasteiger partial charge in [0.1, 0.15) is 13.2 Å². The van der Waals surface area contributed by atoms with E-state index in [2.05, 4.69) is 45.1 Å². The van der Waals surface area contributed by atoms with E-state index in [1.165, 1.54) is 238 Å². The third kappa shape index (κ3) is 56.7. The molecule has 0 aliphatic rings. The predicted octanol–water partition coefficient (Wildman–Crippen LogP) is 20.7. The highest BCUT2D eigenvalue weighted by atomic mass is 16.6. The monoisotopic (exact) mass is 971 g/mol. The highest BCUT2D eigenvalue weighted by Gasteiger charge is 2.19. The van der Waals surface area contributed by atoms with Crippen LogP contribution in [0.4, 0.5) is 0 Å². The summed E-state index contributed by atoms with van der Waals surface area (Å²) in [7, 11) is 0. The topological polar surface area (TPSA) is 78.9 Å². The summed E-state index contributed by atoms with van der Waals surface area (Å²) in [6.45, 7) is 6.59. The minimum Gasteiger partial charge on any atom is -0.462 e. The maximum Gasteiger partial charge on any atom is 0.306 e. The summed E-state index contributed by atoms with van der Waals surface area (Å²) in [6.07, 6.45) is 69.7. The van der Waals surface area contributed by atoms with Crippen LogP contribution in [0.25, 0.3) is 0 Å². The lowest BCUT2D eigenvalue weighted by molar-refractivity contribution is -0.167. The van der Waals surface area contributed by atoms with Gasteiger partial charge in [0.2, 0.25) is 0 Å². The Labute approximate surface area is 430 Å². The standard InChI is InChI=1S/C63H118O6/c1-4-7-10-13-16-18-20-21-22-23-24-25-26-27-28-29-30-31-32-33-34-35-36-37-38-39-40-41-42-43-44-46-47-50-53-56-62(65)68-59-60(58-67-61(64)55-52-49-15-12-9-6-3)69-63(66)57-54-51-48-45-19-17-14-11-8-5-2/h20-21,23-24,60H,4-19,22,25-59H2,1-3H3/b21-20-,24-23-. The molecular formula is C63H118O6. The van der Waals surface area contributed by atoms with Gasteiger partial charge in [-0.1, -0.05) is 295 Å². The Balaban J connectivity index is 3.80. The van der Waals surface area contributed by atoms with E-state index in [4.69, 9.17) is 14.2 Å². The lowest BCUT2D eigenvalue weighted by Crippen LogP contribution is -2.30. The summed E-state index contributed by atoms with van der Waals surface area (Å²) in [5.74, 6) is -0.859. The Bertz CT molecular complexity index is 1110. The lowest BCUT2D eigenvalue weighted by atomic mass is 10.0. The van der Waals surface area contributed by atoms with Crippen LogP contribution in [0.2, 0.25) is 0 Å². The van der Waals surface area contributed by atoms with Gasteiger partial charge < -0.3 is 14.2 Å². The molecule has 0 radical (unpaired) electrons. The average molecular weight is 972 g/mol. The van der Waals surface area contributed by atoms with Gasteiger partial charge in [-0.15, -0.1) is 0 Å². The predicted molar refractivity (Wildman–Crippen MR) is 298 cm³/mol. The molecule has 0 aliphatic heterocycles. The molecule has 0 fully saturated rings. The second-order valence-electron chi connectivity index (χ2n) is 21.0. The summed E-state index contributed by atoms with van der Waals surface area (Å²) in [4.78, 5) is 37.7. The minimum absolute atomic E-state index is 0.0650. The Kier molecular flexibility index (Phi) is 56.7. The van der Waals surface area contributed by atoms with Crippen LogP contribution >= 0.6 is 0 Å². The molecule has 406 valence electrons. The van der Waals surface area contributed by atoms with Gasteiger partial charge in [0.15, 0.2) is 6.10 Å². The molecule has 1 atom stereocenters. The van der Waals surface area contributed by atoms with Crippen LogP contribution in [0.15, 0.2) is 24.3 Å². The van der Waals surface area contributed by atoms with Crippen molar-refractivity contribution < 1.29 is 28.6 Å². The molecule has 0 amide bonds. The molecule has 6 nitrogen and oxygen atoms in total. The smallest absolute Gasteiger partial charge is 0.306 e. The molecule has 0 bridgehead atoms. The second-order valence-corrected chi connectivity index (χ2v) is 21.0. The van der Waals surface area contributed by atoms with Gasteiger partial charge in [0.05, 0.1) is 0 Å². The molecule has 0 aromatic carbocycles. The van der Waals surface area contributed by atoms with Crippen LogP contribution in [-0.2, 0) is 28.6 Å². The van der Waals surface area contributed by atoms with Crippen molar-refractivity contribution in [3.63, 3.8) is 0 Å². The first-order chi connectivity index (χ1) is 34.0. The van der Waals surface area contributed by atoms with Gasteiger partial charge in [0.25, 0.3) is 0 Å². The number of carbonyl (C=O) groups excluding carboxylic acids is 3. The van der Waals surface area contributed by atoms with Crippen LogP contribution in [0.3, 0.4) is 0 Å². The Morgan fingerprint density at radius 2 is 0.522 bits per heavy atom. The van der Waals surface area contributed by atoms with E-state index < -0.39 is 6.10 Å². The normalized spacial score (nSPS) is 12.1. The highest BCUT2D eigenvalue weighted by Crippen LogP contribution is 2.18. The van der Waals surface area contributed by atoms with E-state index in [0.717, 1.165) is 64.2 Å². The van der Waals surface area contributed by atoms with Crippen LogP contribution in [0, 0.1) is 0 Å². The first-order valence-electron chi connectivity index (χ1n) is 30.8. The molecule has 0 aromatic rings. The van der Waals surface area contributed by atoms with E-state index in [-0.39, 0.29) is 31.1 Å². The largest absolute Gasteiger partial charge is 0.462 e.